The number of hydrogen-bond donors (Lipinski definition) is 1. The molecule has 0 fully saturated rings. The molecule has 0 aromatic heterocycles. The number of benzene rings is 3. The van der Waals surface area contributed by atoms with Gasteiger partial charge in [0.05, 0.1) is 11.9 Å². The van der Waals surface area contributed by atoms with Crippen LogP contribution in [0.4, 0.5) is 10.1 Å². The number of carbonyl (C=O) groups excluding carboxylic acids is 2. The van der Waals surface area contributed by atoms with Crippen LogP contribution in [0.5, 0.6) is 0 Å². The lowest BCUT2D eigenvalue weighted by Crippen LogP contribution is -2.54. The third-order valence-corrected chi connectivity index (χ3v) is 8.17. The van der Waals surface area contributed by atoms with Crippen molar-refractivity contribution in [3.63, 3.8) is 0 Å². The van der Waals surface area contributed by atoms with Crippen molar-refractivity contribution >= 4 is 50.7 Å². The molecule has 0 unspecified atom stereocenters. The lowest BCUT2D eigenvalue weighted by atomic mass is 10.00. The fourth-order valence-corrected chi connectivity index (χ4v) is 5.89. The standard InChI is InChI=1S/C31H36Cl2FN3O4S/c1-31(2,3)35-30(39)28(19-22-9-6-5-7-10-22)36(21-23-12-13-24(32)20-27(23)33)29(38)11-8-18-37(42(4,40)41)26-16-14-25(34)15-17-26/h5-7,9-10,12-17,20,28H,8,11,18-19,21H2,1-4H3,(H,35,39)/t28-/m0/s1. The van der Waals surface area contributed by atoms with E-state index in [1.807, 2.05) is 51.1 Å². The van der Waals surface area contributed by atoms with Gasteiger partial charge in [0.1, 0.15) is 11.9 Å². The minimum atomic E-state index is -3.71. The number of amides is 2. The Morgan fingerprint density at radius 2 is 1.62 bits per heavy atom. The van der Waals surface area contributed by atoms with Crippen LogP contribution in [0.1, 0.15) is 44.7 Å². The molecule has 3 aromatic carbocycles. The van der Waals surface area contributed by atoms with E-state index < -0.39 is 27.4 Å². The van der Waals surface area contributed by atoms with E-state index in [-0.39, 0.29) is 44.2 Å². The Hall–Kier alpha value is -3.14. The third-order valence-electron chi connectivity index (χ3n) is 6.39. The molecule has 3 aromatic rings. The Morgan fingerprint density at radius 3 is 2.19 bits per heavy atom. The average molecular weight is 637 g/mol. The molecular formula is C31H36Cl2FN3O4S. The quantitative estimate of drug-likeness (QED) is 0.255. The van der Waals surface area contributed by atoms with Gasteiger partial charge in [0.2, 0.25) is 21.8 Å². The maximum Gasteiger partial charge on any atom is 0.243 e. The average Bonchev–Trinajstić information content (AvgIpc) is 2.89. The second kappa shape index (κ2) is 14.4. The van der Waals surface area contributed by atoms with Crippen LogP contribution in [-0.4, -0.2) is 49.5 Å². The van der Waals surface area contributed by atoms with Crippen molar-refractivity contribution in [2.24, 2.45) is 0 Å². The zero-order chi connectivity index (χ0) is 31.1. The normalized spacial score (nSPS) is 12.5. The van der Waals surface area contributed by atoms with Crippen LogP contribution in [0.15, 0.2) is 72.8 Å². The van der Waals surface area contributed by atoms with E-state index in [9.17, 15) is 22.4 Å². The Labute approximate surface area is 257 Å². The summed E-state index contributed by atoms with van der Waals surface area (Å²) in [5.74, 6) is -1.16. The fraction of sp³-hybridized carbons (Fsp3) is 0.355. The molecule has 0 radical (unpaired) electrons. The highest BCUT2D eigenvalue weighted by Gasteiger charge is 2.32. The summed E-state index contributed by atoms with van der Waals surface area (Å²) < 4.78 is 39.6. The number of hydrogen-bond acceptors (Lipinski definition) is 4. The first-order chi connectivity index (χ1) is 19.6. The van der Waals surface area contributed by atoms with Crippen molar-refractivity contribution in [2.45, 2.75) is 58.2 Å². The van der Waals surface area contributed by atoms with E-state index in [1.54, 1.807) is 18.2 Å². The van der Waals surface area contributed by atoms with Crippen LogP contribution in [0, 0.1) is 5.82 Å². The van der Waals surface area contributed by atoms with Gasteiger partial charge in [0, 0.05) is 41.5 Å². The summed E-state index contributed by atoms with van der Waals surface area (Å²) in [5, 5.41) is 3.80. The smallest absolute Gasteiger partial charge is 0.243 e. The maximum atomic E-state index is 13.9. The summed E-state index contributed by atoms with van der Waals surface area (Å²) in [4.78, 5) is 29.1. The van der Waals surface area contributed by atoms with Gasteiger partial charge in [-0.3, -0.25) is 13.9 Å². The van der Waals surface area contributed by atoms with E-state index in [4.69, 9.17) is 23.2 Å². The molecule has 0 saturated heterocycles. The summed E-state index contributed by atoms with van der Waals surface area (Å²) in [6.07, 6.45) is 1.42. The van der Waals surface area contributed by atoms with Gasteiger partial charge in [-0.25, -0.2) is 12.8 Å². The molecule has 2 amide bonds. The monoisotopic (exact) mass is 635 g/mol. The molecule has 0 heterocycles. The van der Waals surface area contributed by atoms with Crippen LogP contribution in [0.3, 0.4) is 0 Å². The van der Waals surface area contributed by atoms with Gasteiger partial charge >= 0.3 is 0 Å². The van der Waals surface area contributed by atoms with Crippen LogP contribution >= 0.6 is 23.2 Å². The molecule has 0 saturated carbocycles. The van der Waals surface area contributed by atoms with Crippen molar-refractivity contribution in [1.82, 2.24) is 10.2 Å². The molecule has 0 aliphatic heterocycles. The van der Waals surface area contributed by atoms with E-state index in [0.29, 0.717) is 21.3 Å². The molecule has 0 bridgehead atoms. The molecule has 0 aliphatic carbocycles. The van der Waals surface area contributed by atoms with Crippen molar-refractivity contribution in [3.05, 3.63) is 99.8 Å². The Kier molecular flexibility index (Phi) is 11.4. The molecule has 226 valence electrons. The summed E-state index contributed by atoms with van der Waals surface area (Å²) in [6.45, 7) is 5.62. The Bertz CT molecular complexity index is 1480. The predicted octanol–water partition coefficient (Wildman–Crippen LogP) is 6.23. The van der Waals surface area contributed by atoms with E-state index in [2.05, 4.69) is 5.32 Å². The Balaban J connectivity index is 1.93. The number of anilines is 1. The van der Waals surface area contributed by atoms with Crippen molar-refractivity contribution in [2.75, 3.05) is 17.1 Å². The van der Waals surface area contributed by atoms with Crippen LogP contribution in [0.2, 0.25) is 10.0 Å². The second-order valence-electron chi connectivity index (χ2n) is 11.1. The lowest BCUT2D eigenvalue weighted by molar-refractivity contribution is -0.142. The predicted molar refractivity (Wildman–Crippen MR) is 167 cm³/mol. The molecule has 1 atom stereocenters. The van der Waals surface area contributed by atoms with Gasteiger partial charge in [-0.2, -0.15) is 0 Å². The van der Waals surface area contributed by atoms with Crippen molar-refractivity contribution in [3.8, 4) is 0 Å². The van der Waals surface area contributed by atoms with Crippen molar-refractivity contribution in [1.29, 1.82) is 0 Å². The molecular weight excluding hydrogens is 600 g/mol. The number of rotatable bonds is 12. The molecule has 11 heteroatoms. The highest BCUT2D eigenvalue weighted by molar-refractivity contribution is 7.92. The zero-order valence-corrected chi connectivity index (χ0v) is 26.4. The van der Waals surface area contributed by atoms with Gasteiger partial charge in [0.15, 0.2) is 0 Å². The van der Waals surface area contributed by atoms with E-state index in [0.717, 1.165) is 16.1 Å². The first-order valence-corrected chi connectivity index (χ1v) is 16.1. The number of nitrogens with one attached hydrogen (secondary N) is 1. The number of sulfonamides is 1. The topological polar surface area (TPSA) is 86.8 Å². The molecule has 0 aliphatic rings. The molecule has 0 spiro atoms. The number of halogens is 3. The van der Waals surface area contributed by atoms with Crippen LogP contribution < -0.4 is 9.62 Å². The summed E-state index contributed by atoms with van der Waals surface area (Å²) >= 11 is 12.6. The largest absolute Gasteiger partial charge is 0.350 e. The highest BCUT2D eigenvalue weighted by Crippen LogP contribution is 2.25. The van der Waals surface area contributed by atoms with Crippen molar-refractivity contribution < 1.29 is 22.4 Å². The van der Waals surface area contributed by atoms with Crippen LogP contribution in [0.25, 0.3) is 0 Å². The van der Waals surface area contributed by atoms with Gasteiger partial charge in [-0.15, -0.1) is 0 Å². The SMILES string of the molecule is CC(C)(C)NC(=O)[C@H](Cc1ccccc1)N(Cc1ccc(Cl)cc1Cl)C(=O)CCCN(c1ccc(F)cc1)S(C)(=O)=O. The molecule has 3 rings (SSSR count). The van der Waals surface area contributed by atoms with Crippen LogP contribution in [-0.2, 0) is 32.6 Å². The third kappa shape index (κ3) is 10.00. The maximum absolute atomic E-state index is 13.9. The van der Waals surface area contributed by atoms with Gasteiger partial charge in [-0.1, -0.05) is 59.6 Å². The molecule has 42 heavy (non-hydrogen) atoms. The molecule has 7 nitrogen and oxygen atoms in total. The summed E-state index contributed by atoms with van der Waals surface area (Å²) in [6, 6.07) is 18.6. The fourth-order valence-electron chi connectivity index (χ4n) is 4.45. The first-order valence-electron chi connectivity index (χ1n) is 13.5. The summed E-state index contributed by atoms with van der Waals surface area (Å²) in [5.41, 5.74) is 1.22. The minimum Gasteiger partial charge on any atom is -0.350 e. The first kappa shape index (κ1) is 33.4. The Morgan fingerprint density at radius 1 is 0.976 bits per heavy atom. The number of carbonyl (C=O) groups is 2. The summed E-state index contributed by atoms with van der Waals surface area (Å²) in [7, 11) is -3.71. The van der Waals surface area contributed by atoms with Gasteiger partial charge in [-0.05, 0) is 74.7 Å². The zero-order valence-electron chi connectivity index (χ0n) is 24.1. The van der Waals surface area contributed by atoms with E-state index >= 15 is 0 Å². The number of nitrogens with zero attached hydrogens (tertiary/aromatic N) is 2. The second-order valence-corrected chi connectivity index (χ2v) is 13.9. The van der Waals surface area contributed by atoms with E-state index in [1.165, 1.54) is 29.2 Å². The van der Waals surface area contributed by atoms with Gasteiger partial charge in [0.25, 0.3) is 0 Å². The highest BCUT2D eigenvalue weighted by atomic mass is 35.5. The lowest BCUT2D eigenvalue weighted by Gasteiger charge is -2.34. The van der Waals surface area contributed by atoms with Gasteiger partial charge < -0.3 is 10.2 Å². The minimum absolute atomic E-state index is 0.0106. The molecule has 1 N–H and O–H groups in total.